The molecule has 1 fully saturated rings. The molecule has 7 nitrogen and oxygen atoms in total. The van der Waals surface area contributed by atoms with E-state index in [1.54, 1.807) is 6.20 Å². The van der Waals surface area contributed by atoms with Crippen LogP contribution in [0.2, 0.25) is 0 Å². The first kappa shape index (κ1) is 19.5. The summed E-state index contributed by atoms with van der Waals surface area (Å²) in [6, 6.07) is 6.13. The summed E-state index contributed by atoms with van der Waals surface area (Å²) in [7, 11) is -2.97. The number of benzene rings is 1. The minimum Gasteiger partial charge on any atom is -0.338 e. The zero-order chi connectivity index (χ0) is 19.6. The fraction of sp³-hybridized carbons (Fsp3) is 0.526. The largest absolute Gasteiger partial charge is 0.338 e. The van der Waals surface area contributed by atoms with Crippen LogP contribution in [0.15, 0.2) is 24.4 Å². The molecule has 27 heavy (non-hydrogen) atoms. The maximum atomic E-state index is 11.8. The van der Waals surface area contributed by atoms with Crippen LogP contribution < -0.4 is 10.2 Å². The Bertz CT molecular complexity index is 914. The van der Waals surface area contributed by atoms with Crippen LogP contribution in [0, 0.1) is 6.92 Å². The van der Waals surface area contributed by atoms with Gasteiger partial charge in [-0.05, 0) is 37.3 Å². The van der Waals surface area contributed by atoms with Gasteiger partial charge >= 0.3 is 0 Å². The van der Waals surface area contributed by atoms with Crippen LogP contribution in [0.1, 0.15) is 44.2 Å². The molecule has 0 amide bonds. The van der Waals surface area contributed by atoms with E-state index in [9.17, 15) is 8.42 Å². The number of aryl methyl sites for hydroxylation is 1. The third-order valence-electron chi connectivity index (χ3n) is 4.97. The fourth-order valence-corrected chi connectivity index (χ4v) is 5.26. The van der Waals surface area contributed by atoms with Crippen LogP contribution in [0.3, 0.4) is 0 Å². The van der Waals surface area contributed by atoms with Gasteiger partial charge in [0.2, 0.25) is 5.95 Å². The quantitative estimate of drug-likeness (QED) is 0.812. The molecule has 3 rings (SSSR count). The minimum atomic E-state index is -2.97. The average molecular weight is 390 g/mol. The van der Waals surface area contributed by atoms with Crippen molar-refractivity contribution in [2.45, 2.75) is 46.1 Å². The van der Waals surface area contributed by atoms with Gasteiger partial charge in [-0.1, -0.05) is 32.0 Å². The summed E-state index contributed by atoms with van der Waals surface area (Å²) in [6.07, 6.45) is 2.20. The summed E-state index contributed by atoms with van der Waals surface area (Å²) in [5, 5.41) is 11.6. The second-order valence-electron chi connectivity index (χ2n) is 7.30. The molecule has 2 heterocycles. The second kappa shape index (κ2) is 7.80. The van der Waals surface area contributed by atoms with Crippen molar-refractivity contribution in [2.24, 2.45) is 0 Å². The molecule has 1 aliphatic rings. The lowest BCUT2D eigenvalue weighted by atomic mass is 9.98. The van der Waals surface area contributed by atoms with Gasteiger partial charge < -0.3 is 10.2 Å². The number of anilines is 3. The normalized spacial score (nSPS) is 18.6. The van der Waals surface area contributed by atoms with Crippen LogP contribution in [-0.2, 0) is 9.84 Å². The topological polar surface area (TPSA) is 88.1 Å². The van der Waals surface area contributed by atoms with E-state index in [0.29, 0.717) is 30.6 Å². The fourth-order valence-electron chi connectivity index (χ4n) is 3.53. The third kappa shape index (κ3) is 4.37. The van der Waals surface area contributed by atoms with Crippen LogP contribution >= 0.6 is 0 Å². The Hall–Kier alpha value is -2.22. The highest BCUT2D eigenvalue weighted by molar-refractivity contribution is 7.91. The van der Waals surface area contributed by atoms with E-state index in [4.69, 9.17) is 0 Å². The van der Waals surface area contributed by atoms with Crippen molar-refractivity contribution in [1.29, 1.82) is 0 Å². The highest BCUT2D eigenvalue weighted by Crippen LogP contribution is 2.30. The van der Waals surface area contributed by atoms with Crippen LogP contribution in [0.4, 0.5) is 17.5 Å². The number of para-hydroxylation sites is 1. The van der Waals surface area contributed by atoms with Gasteiger partial charge in [0, 0.05) is 18.3 Å². The number of nitrogens with zero attached hydrogens (tertiary/aromatic N) is 4. The molecule has 0 saturated carbocycles. The van der Waals surface area contributed by atoms with Gasteiger partial charge in [0.15, 0.2) is 15.7 Å². The number of hydrogen-bond donors (Lipinski definition) is 1. The van der Waals surface area contributed by atoms with E-state index < -0.39 is 9.84 Å². The van der Waals surface area contributed by atoms with E-state index in [2.05, 4.69) is 59.5 Å². The van der Waals surface area contributed by atoms with Gasteiger partial charge in [0.25, 0.3) is 0 Å². The summed E-state index contributed by atoms with van der Waals surface area (Å²) in [5.41, 5.74) is 3.38. The van der Waals surface area contributed by atoms with Gasteiger partial charge in [-0.15, -0.1) is 5.10 Å². The van der Waals surface area contributed by atoms with Crippen LogP contribution in [0.25, 0.3) is 0 Å². The summed E-state index contributed by atoms with van der Waals surface area (Å²) in [6.45, 7) is 8.98. The summed E-state index contributed by atoms with van der Waals surface area (Å²) >= 11 is 0. The van der Waals surface area contributed by atoms with Crippen LogP contribution in [0.5, 0.6) is 0 Å². The van der Waals surface area contributed by atoms with Gasteiger partial charge in [0.1, 0.15) is 0 Å². The summed E-state index contributed by atoms with van der Waals surface area (Å²) in [5.74, 6) is 1.81. The van der Waals surface area contributed by atoms with Gasteiger partial charge in [-0.25, -0.2) is 8.42 Å². The standard InChI is InChI=1S/C19H27N5O2S/c1-5-24(15-9-10-27(25,26)12-15)19-22-17(11-20-23-19)21-18-14(4)7-6-8-16(18)13(2)3/h6-8,11,13,15H,5,9-10,12H2,1-4H3,(H,21,22,23). The molecule has 1 unspecified atom stereocenters. The Kier molecular flexibility index (Phi) is 5.64. The number of sulfone groups is 1. The lowest BCUT2D eigenvalue weighted by Gasteiger charge is -2.26. The maximum absolute atomic E-state index is 11.8. The summed E-state index contributed by atoms with van der Waals surface area (Å²) in [4.78, 5) is 6.55. The third-order valence-corrected chi connectivity index (χ3v) is 6.72. The second-order valence-corrected chi connectivity index (χ2v) is 9.53. The van der Waals surface area contributed by atoms with Gasteiger partial charge in [-0.2, -0.15) is 10.1 Å². The monoisotopic (exact) mass is 389 g/mol. The molecule has 0 radical (unpaired) electrons. The molecule has 0 bridgehead atoms. The number of aromatic nitrogens is 3. The van der Waals surface area contributed by atoms with Crippen molar-refractivity contribution in [1.82, 2.24) is 15.2 Å². The Morgan fingerprint density at radius 3 is 2.74 bits per heavy atom. The molecule has 1 atom stereocenters. The van der Waals surface area contributed by atoms with E-state index >= 15 is 0 Å². The van der Waals surface area contributed by atoms with E-state index in [1.807, 2.05) is 11.8 Å². The molecule has 0 spiro atoms. The lowest BCUT2D eigenvalue weighted by Crippen LogP contribution is -2.37. The molecular formula is C19H27N5O2S. The number of nitrogens with one attached hydrogen (secondary N) is 1. The van der Waals surface area contributed by atoms with E-state index in [0.717, 1.165) is 11.3 Å². The number of rotatable bonds is 6. The predicted octanol–water partition coefficient (Wildman–Crippen LogP) is 3.06. The molecule has 1 aromatic heterocycles. The highest BCUT2D eigenvalue weighted by atomic mass is 32.2. The average Bonchev–Trinajstić information content (AvgIpc) is 2.97. The zero-order valence-electron chi connectivity index (χ0n) is 16.3. The molecular weight excluding hydrogens is 362 g/mol. The Labute approximate surface area is 161 Å². The first-order valence-electron chi connectivity index (χ1n) is 9.34. The summed E-state index contributed by atoms with van der Waals surface area (Å²) < 4.78 is 23.7. The van der Waals surface area contributed by atoms with Gasteiger partial charge in [0.05, 0.1) is 17.7 Å². The molecule has 0 aliphatic carbocycles. The predicted molar refractivity (Wildman–Crippen MR) is 108 cm³/mol. The Morgan fingerprint density at radius 1 is 1.33 bits per heavy atom. The SMILES string of the molecule is CCN(c1nncc(Nc2c(C)cccc2C(C)C)n1)C1CCS(=O)(=O)C1. The van der Waals surface area contributed by atoms with Crippen molar-refractivity contribution in [3.05, 3.63) is 35.5 Å². The lowest BCUT2D eigenvalue weighted by molar-refractivity contribution is 0.598. The van der Waals surface area contributed by atoms with Crippen molar-refractivity contribution < 1.29 is 8.42 Å². The minimum absolute atomic E-state index is 0.0956. The zero-order valence-corrected chi connectivity index (χ0v) is 17.1. The molecule has 1 aromatic carbocycles. The van der Waals surface area contributed by atoms with E-state index in [-0.39, 0.29) is 17.5 Å². The van der Waals surface area contributed by atoms with Gasteiger partial charge in [-0.3, -0.25) is 0 Å². The van der Waals surface area contributed by atoms with Crippen molar-refractivity contribution in [3.63, 3.8) is 0 Å². The Balaban J connectivity index is 1.88. The van der Waals surface area contributed by atoms with Crippen molar-refractivity contribution in [3.8, 4) is 0 Å². The molecule has 146 valence electrons. The van der Waals surface area contributed by atoms with Crippen LogP contribution in [-0.4, -0.2) is 47.7 Å². The maximum Gasteiger partial charge on any atom is 0.247 e. The smallest absolute Gasteiger partial charge is 0.247 e. The molecule has 1 saturated heterocycles. The Morgan fingerprint density at radius 2 is 2.11 bits per heavy atom. The molecule has 1 aliphatic heterocycles. The molecule has 8 heteroatoms. The first-order valence-corrected chi connectivity index (χ1v) is 11.2. The molecule has 2 aromatic rings. The first-order chi connectivity index (χ1) is 12.8. The van der Waals surface area contributed by atoms with Crippen molar-refractivity contribution in [2.75, 3.05) is 28.3 Å². The number of hydrogen-bond acceptors (Lipinski definition) is 7. The van der Waals surface area contributed by atoms with Crippen molar-refractivity contribution >= 4 is 27.3 Å². The highest BCUT2D eigenvalue weighted by Gasteiger charge is 2.33. The van der Waals surface area contributed by atoms with E-state index in [1.165, 1.54) is 5.56 Å². The molecule has 1 N–H and O–H groups in total.